The van der Waals surface area contributed by atoms with Crippen molar-refractivity contribution in [3.05, 3.63) is 54.1 Å². The monoisotopic (exact) mass is 352 g/mol. The van der Waals surface area contributed by atoms with Gasteiger partial charge in [0.15, 0.2) is 5.82 Å². The lowest BCUT2D eigenvalue weighted by Gasteiger charge is -2.20. The van der Waals surface area contributed by atoms with E-state index in [4.69, 9.17) is 9.84 Å². The third-order valence-electron chi connectivity index (χ3n) is 4.00. The third kappa shape index (κ3) is 2.87. The van der Waals surface area contributed by atoms with E-state index in [1.165, 1.54) is 0 Å². The van der Waals surface area contributed by atoms with E-state index in [1.54, 1.807) is 35.7 Å². The Morgan fingerprint density at radius 2 is 1.68 bits per heavy atom. The molecule has 1 N–H and O–H groups in total. The number of rotatable bonds is 3. The van der Waals surface area contributed by atoms with Crippen LogP contribution in [-0.2, 0) is 0 Å². The molecule has 0 fully saturated rings. The number of phenolic OH excluding ortho intramolecular Hbond substituents is 1. The maximum Gasteiger partial charge on any atom is 0.213 e. The Balaban J connectivity index is 1.78. The van der Waals surface area contributed by atoms with Gasteiger partial charge in [0.25, 0.3) is 0 Å². The van der Waals surface area contributed by atoms with Gasteiger partial charge in [-0.2, -0.15) is 9.78 Å². The molecule has 0 unspecified atom stereocenters. The maximum atomic E-state index is 9.50. The molecule has 0 saturated heterocycles. The topological polar surface area (TPSA) is 72.5 Å². The van der Waals surface area contributed by atoms with E-state index in [2.05, 4.69) is 17.1 Å². The van der Waals surface area contributed by atoms with Gasteiger partial charge < -0.3 is 9.84 Å². The summed E-state index contributed by atoms with van der Waals surface area (Å²) in [5.41, 5.74) is 2.81. The highest BCUT2D eigenvalue weighted by Crippen LogP contribution is 2.33. The molecule has 1 aliphatic heterocycles. The van der Waals surface area contributed by atoms with Crippen LogP contribution in [0.3, 0.4) is 0 Å². The van der Waals surface area contributed by atoms with Crippen LogP contribution in [0.4, 0.5) is 0 Å². The van der Waals surface area contributed by atoms with Gasteiger partial charge in [-0.1, -0.05) is 11.8 Å². The van der Waals surface area contributed by atoms with Gasteiger partial charge in [0, 0.05) is 5.56 Å². The van der Waals surface area contributed by atoms with Crippen LogP contribution in [0.1, 0.15) is 12.5 Å². The number of aromatic hydroxyl groups is 1. The summed E-state index contributed by atoms with van der Waals surface area (Å²) < 4.78 is 6.98. The molecule has 2 aromatic carbocycles. The summed E-state index contributed by atoms with van der Waals surface area (Å²) in [5, 5.41) is 23.8. The maximum absolute atomic E-state index is 9.50. The number of nitrogens with zero attached hydrogens (tertiary/aromatic N) is 4. The van der Waals surface area contributed by atoms with Crippen molar-refractivity contribution in [2.24, 2.45) is 5.10 Å². The largest absolute Gasteiger partial charge is 0.508 e. The summed E-state index contributed by atoms with van der Waals surface area (Å²) in [7, 11) is 1.64. The van der Waals surface area contributed by atoms with Crippen LogP contribution in [0.25, 0.3) is 11.4 Å². The average Bonchev–Trinajstić information content (AvgIpc) is 3.04. The molecule has 4 rings (SSSR count). The predicted octanol–water partition coefficient (Wildman–Crippen LogP) is 3.41. The third-order valence-corrected chi connectivity index (χ3v) is 5.04. The van der Waals surface area contributed by atoms with Crippen LogP contribution in [0.5, 0.6) is 11.5 Å². The average molecular weight is 352 g/mol. The molecule has 0 bridgehead atoms. The summed E-state index contributed by atoms with van der Waals surface area (Å²) in [6, 6.07) is 14.7. The van der Waals surface area contributed by atoms with Gasteiger partial charge >= 0.3 is 0 Å². The molecule has 3 aromatic rings. The lowest BCUT2D eigenvalue weighted by Crippen LogP contribution is -2.21. The van der Waals surface area contributed by atoms with Crippen molar-refractivity contribution in [3.63, 3.8) is 0 Å². The molecule has 1 aromatic heterocycles. The quantitative estimate of drug-likeness (QED) is 0.782. The minimum Gasteiger partial charge on any atom is -0.508 e. The Kier molecular flexibility index (Phi) is 3.93. The van der Waals surface area contributed by atoms with Crippen LogP contribution in [-0.4, -0.2) is 38.1 Å². The number of hydrogen-bond acceptors (Lipinski definition) is 6. The van der Waals surface area contributed by atoms with Crippen LogP contribution in [0.15, 0.2) is 58.8 Å². The second kappa shape index (κ2) is 6.25. The fourth-order valence-corrected chi connectivity index (χ4v) is 3.60. The zero-order valence-electron chi connectivity index (χ0n) is 13.7. The standard InChI is InChI=1S/C18H16N4O2S/c1-11-16(12-3-7-14(23)8-4-12)21-22-17(19-20-18(22)25-11)13-5-9-15(24-2)10-6-13/h3-11,23H,1-2H3/t11-/m0/s1. The number of fused-ring (bicyclic) bond motifs is 1. The molecule has 2 heterocycles. The minimum atomic E-state index is 0.143. The number of phenols is 1. The summed E-state index contributed by atoms with van der Waals surface area (Å²) in [6.45, 7) is 2.08. The molecule has 1 aliphatic rings. The highest BCUT2D eigenvalue weighted by Gasteiger charge is 2.26. The molecular formula is C18H16N4O2S. The molecular weight excluding hydrogens is 336 g/mol. The van der Waals surface area contributed by atoms with Crippen molar-refractivity contribution in [2.45, 2.75) is 17.3 Å². The van der Waals surface area contributed by atoms with Gasteiger partial charge in [-0.05, 0) is 61.0 Å². The van der Waals surface area contributed by atoms with Gasteiger partial charge in [0.2, 0.25) is 5.16 Å². The van der Waals surface area contributed by atoms with E-state index in [0.717, 1.165) is 27.7 Å². The zero-order chi connectivity index (χ0) is 17.4. The SMILES string of the molecule is COc1ccc(-c2nnc3n2N=C(c2ccc(O)cc2)[C@H](C)S3)cc1. The fourth-order valence-electron chi connectivity index (χ4n) is 2.68. The molecule has 6 nitrogen and oxygen atoms in total. The van der Waals surface area contributed by atoms with Crippen molar-refractivity contribution in [1.82, 2.24) is 14.9 Å². The molecule has 0 saturated carbocycles. The van der Waals surface area contributed by atoms with Crippen molar-refractivity contribution in [3.8, 4) is 22.9 Å². The van der Waals surface area contributed by atoms with E-state index in [1.807, 2.05) is 36.4 Å². The number of ether oxygens (including phenoxy) is 1. The molecule has 0 spiro atoms. The van der Waals surface area contributed by atoms with Gasteiger partial charge in [-0.15, -0.1) is 10.2 Å². The first-order valence-electron chi connectivity index (χ1n) is 7.80. The molecule has 0 radical (unpaired) electrons. The van der Waals surface area contributed by atoms with E-state index in [0.29, 0.717) is 5.82 Å². The van der Waals surface area contributed by atoms with Crippen molar-refractivity contribution in [1.29, 1.82) is 0 Å². The number of hydrogen-bond donors (Lipinski definition) is 1. The Morgan fingerprint density at radius 1 is 1.00 bits per heavy atom. The van der Waals surface area contributed by atoms with Crippen molar-refractivity contribution < 1.29 is 9.84 Å². The van der Waals surface area contributed by atoms with Gasteiger partial charge in [0.1, 0.15) is 11.5 Å². The van der Waals surface area contributed by atoms with Crippen LogP contribution < -0.4 is 4.74 Å². The van der Waals surface area contributed by atoms with Gasteiger partial charge in [-0.3, -0.25) is 0 Å². The number of methoxy groups -OCH3 is 1. The van der Waals surface area contributed by atoms with Crippen molar-refractivity contribution >= 4 is 17.5 Å². The summed E-state index contributed by atoms with van der Waals surface area (Å²) in [6.07, 6.45) is 0. The lowest BCUT2D eigenvalue weighted by molar-refractivity contribution is 0.415. The Bertz CT molecular complexity index is 933. The van der Waals surface area contributed by atoms with E-state index < -0.39 is 0 Å². The Labute approximate surface area is 149 Å². The fraction of sp³-hybridized carbons (Fsp3) is 0.167. The van der Waals surface area contributed by atoms with Crippen LogP contribution >= 0.6 is 11.8 Å². The first kappa shape index (κ1) is 15.7. The van der Waals surface area contributed by atoms with E-state index in [9.17, 15) is 5.11 Å². The van der Waals surface area contributed by atoms with Gasteiger partial charge in [0.05, 0.1) is 18.1 Å². The van der Waals surface area contributed by atoms with Crippen LogP contribution in [0, 0.1) is 0 Å². The molecule has 0 amide bonds. The minimum absolute atomic E-state index is 0.143. The molecule has 1 atom stereocenters. The number of aromatic nitrogens is 3. The highest BCUT2D eigenvalue weighted by atomic mass is 32.2. The zero-order valence-corrected chi connectivity index (χ0v) is 14.6. The number of benzene rings is 2. The predicted molar refractivity (Wildman–Crippen MR) is 97.4 cm³/mol. The van der Waals surface area contributed by atoms with E-state index in [-0.39, 0.29) is 11.0 Å². The molecule has 7 heteroatoms. The Morgan fingerprint density at radius 3 is 2.36 bits per heavy atom. The molecule has 0 aliphatic carbocycles. The number of thioether (sulfide) groups is 1. The Hall–Kier alpha value is -2.80. The second-order valence-electron chi connectivity index (χ2n) is 5.64. The lowest BCUT2D eigenvalue weighted by atomic mass is 10.1. The summed E-state index contributed by atoms with van der Waals surface area (Å²) in [5.74, 6) is 1.72. The smallest absolute Gasteiger partial charge is 0.213 e. The first-order chi connectivity index (χ1) is 12.2. The van der Waals surface area contributed by atoms with Crippen molar-refractivity contribution in [2.75, 3.05) is 7.11 Å². The highest BCUT2D eigenvalue weighted by molar-refractivity contribution is 8.00. The van der Waals surface area contributed by atoms with Crippen LogP contribution in [0.2, 0.25) is 0 Å². The molecule has 25 heavy (non-hydrogen) atoms. The van der Waals surface area contributed by atoms with E-state index >= 15 is 0 Å². The second-order valence-corrected chi connectivity index (χ2v) is 6.95. The molecule has 126 valence electrons. The summed E-state index contributed by atoms with van der Waals surface area (Å²) >= 11 is 1.61. The van der Waals surface area contributed by atoms with Gasteiger partial charge in [-0.25, -0.2) is 0 Å². The first-order valence-corrected chi connectivity index (χ1v) is 8.68. The normalized spacial score (nSPS) is 16.2. The summed E-state index contributed by atoms with van der Waals surface area (Å²) in [4.78, 5) is 0.